The molecule has 1 unspecified atom stereocenters. The van der Waals surface area contributed by atoms with Gasteiger partial charge in [-0.3, -0.25) is 4.79 Å². The van der Waals surface area contributed by atoms with Crippen molar-refractivity contribution in [2.24, 2.45) is 5.73 Å². The molecule has 0 saturated heterocycles. The van der Waals surface area contributed by atoms with E-state index >= 15 is 0 Å². The van der Waals surface area contributed by atoms with Crippen LogP contribution in [0.25, 0.3) is 0 Å². The molecule has 0 bridgehead atoms. The van der Waals surface area contributed by atoms with Gasteiger partial charge in [0, 0.05) is 6.04 Å². The lowest BCUT2D eigenvalue weighted by molar-refractivity contribution is 0.0937. The van der Waals surface area contributed by atoms with Crippen molar-refractivity contribution in [3.05, 3.63) is 12.0 Å². The van der Waals surface area contributed by atoms with Gasteiger partial charge in [0.1, 0.15) is 5.82 Å². The van der Waals surface area contributed by atoms with Crippen LogP contribution < -0.4 is 16.8 Å². The van der Waals surface area contributed by atoms with Crippen LogP contribution >= 0.6 is 0 Å². The number of rotatable bonds is 3. The van der Waals surface area contributed by atoms with Crippen LogP contribution in [0.5, 0.6) is 0 Å². The fraction of sp³-hybridized carbons (Fsp3) is 0.556. The Hall–Kier alpha value is -1.56. The lowest BCUT2D eigenvalue weighted by Crippen LogP contribution is -2.39. The average Bonchev–Trinajstić information content (AvgIpc) is 2.45. The molecule has 1 amide bonds. The van der Waals surface area contributed by atoms with E-state index in [1.54, 1.807) is 17.8 Å². The van der Waals surface area contributed by atoms with E-state index in [2.05, 4.69) is 10.3 Å². The van der Waals surface area contributed by atoms with Gasteiger partial charge in [0.2, 0.25) is 0 Å². The summed E-state index contributed by atoms with van der Waals surface area (Å²) in [5.74, 6) is 0.0186. The van der Waals surface area contributed by atoms with E-state index in [1.807, 2.05) is 13.8 Å². The van der Waals surface area contributed by atoms with E-state index in [0.29, 0.717) is 5.82 Å². The smallest absolute Gasteiger partial charge is 0.274 e. The number of nitrogen functional groups attached to an aromatic ring is 1. The molecule has 0 aliphatic heterocycles. The summed E-state index contributed by atoms with van der Waals surface area (Å²) < 4.78 is 1.73. The molecule has 1 atom stereocenters. The number of imidazole rings is 1. The van der Waals surface area contributed by atoms with E-state index in [-0.39, 0.29) is 17.6 Å². The van der Waals surface area contributed by atoms with Crippen molar-refractivity contribution in [3.63, 3.8) is 0 Å². The van der Waals surface area contributed by atoms with Crippen LogP contribution in [-0.4, -0.2) is 21.6 Å². The molecule has 5 N–H and O–H groups in total. The maximum Gasteiger partial charge on any atom is 0.274 e. The quantitative estimate of drug-likeness (QED) is 0.616. The number of anilines is 1. The van der Waals surface area contributed by atoms with Gasteiger partial charge in [0.05, 0.1) is 12.5 Å². The van der Waals surface area contributed by atoms with Gasteiger partial charge in [-0.25, -0.2) is 4.98 Å². The number of aromatic nitrogens is 2. The van der Waals surface area contributed by atoms with Gasteiger partial charge < -0.3 is 21.4 Å². The first-order valence-electron chi connectivity index (χ1n) is 4.82. The first-order valence-corrected chi connectivity index (χ1v) is 4.82. The second-order valence-corrected chi connectivity index (χ2v) is 3.74. The molecule has 0 fully saturated rings. The second kappa shape index (κ2) is 4.31. The van der Waals surface area contributed by atoms with Gasteiger partial charge in [0.25, 0.3) is 5.91 Å². The van der Waals surface area contributed by atoms with E-state index in [1.165, 1.54) is 0 Å². The lowest BCUT2D eigenvalue weighted by Gasteiger charge is -2.10. The molecule has 6 nitrogen and oxygen atoms in total. The van der Waals surface area contributed by atoms with Crippen LogP contribution in [0.1, 0.15) is 37.3 Å². The molecule has 0 saturated carbocycles. The number of nitrogens with two attached hydrogens (primary N) is 2. The van der Waals surface area contributed by atoms with E-state index in [0.717, 1.165) is 0 Å². The number of hydrogen-bond donors (Lipinski definition) is 3. The van der Waals surface area contributed by atoms with Gasteiger partial charge in [-0.2, -0.15) is 0 Å². The van der Waals surface area contributed by atoms with Gasteiger partial charge in [-0.15, -0.1) is 0 Å². The van der Waals surface area contributed by atoms with Crippen LogP contribution in [0, 0.1) is 0 Å². The number of hydrogen-bond acceptors (Lipinski definition) is 4. The Labute approximate surface area is 88.7 Å². The highest BCUT2D eigenvalue weighted by molar-refractivity contribution is 5.96. The Balaban J connectivity index is 2.91. The molecule has 0 radical (unpaired) electrons. The highest BCUT2D eigenvalue weighted by Gasteiger charge is 2.17. The van der Waals surface area contributed by atoms with Crippen molar-refractivity contribution in [2.75, 3.05) is 5.73 Å². The molecule has 0 aliphatic carbocycles. The molecule has 0 aliphatic rings. The van der Waals surface area contributed by atoms with Crippen molar-refractivity contribution >= 4 is 11.7 Å². The molecule has 1 aromatic rings. The average molecular weight is 211 g/mol. The Kier molecular flexibility index (Phi) is 3.31. The number of carbonyl (C=O) groups excluding carboxylic acids is 1. The summed E-state index contributed by atoms with van der Waals surface area (Å²) in [5.41, 5.74) is 11.4. The predicted molar refractivity (Wildman–Crippen MR) is 58.1 cm³/mol. The van der Waals surface area contributed by atoms with Crippen molar-refractivity contribution < 1.29 is 4.79 Å². The third kappa shape index (κ3) is 2.47. The van der Waals surface area contributed by atoms with E-state index in [9.17, 15) is 4.79 Å². The number of nitrogens with zero attached hydrogens (tertiary/aromatic N) is 2. The fourth-order valence-electron chi connectivity index (χ4n) is 1.23. The zero-order valence-corrected chi connectivity index (χ0v) is 9.19. The SMILES string of the molecule is CC(N)NC(=O)c1ncn(C(C)C)c1N. The largest absolute Gasteiger partial charge is 0.383 e. The standard InChI is InChI=1S/C9H17N5O/c1-5(2)14-4-12-7(8(14)11)9(15)13-6(3)10/h4-6H,10-11H2,1-3H3,(H,13,15). The number of amides is 1. The minimum Gasteiger partial charge on any atom is -0.383 e. The van der Waals surface area contributed by atoms with Crippen LogP contribution in [0.3, 0.4) is 0 Å². The molecule has 6 heteroatoms. The third-order valence-corrected chi connectivity index (χ3v) is 1.96. The Morgan fingerprint density at radius 1 is 1.53 bits per heavy atom. The van der Waals surface area contributed by atoms with Gasteiger partial charge in [-0.05, 0) is 20.8 Å². The lowest BCUT2D eigenvalue weighted by atomic mass is 10.3. The minimum atomic E-state index is -0.416. The zero-order valence-electron chi connectivity index (χ0n) is 9.19. The van der Waals surface area contributed by atoms with Gasteiger partial charge in [-0.1, -0.05) is 0 Å². The van der Waals surface area contributed by atoms with Crippen molar-refractivity contribution in [1.82, 2.24) is 14.9 Å². The topological polar surface area (TPSA) is 99.0 Å². The number of carbonyl (C=O) groups is 1. The molecule has 1 aromatic heterocycles. The van der Waals surface area contributed by atoms with Crippen LogP contribution in [0.15, 0.2) is 6.33 Å². The Morgan fingerprint density at radius 2 is 2.13 bits per heavy atom. The molecule has 0 aromatic carbocycles. The molecule has 0 spiro atoms. The first-order chi connectivity index (χ1) is 6.93. The fourth-order valence-corrected chi connectivity index (χ4v) is 1.23. The molecule has 84 valence electrons. The van der Waals surface area contributed by atoms with E-state index in [4.69, 9.17) is 11.5 Å². The van der Waals surface area contributed by atoms with Gasteiger partial charge in [0.15, 0.2) is 5.69 Å². The molecule has 15 heavy (non-hydrogen) atoms. The molecule has 1 heterocycles. The maximum atomic E-state index is 11.6. The van der Waals surface area contributed by atoms with Crippen LogP contribution in [0.4, 0.5) is 5.82 Å². The monoisotopic (exact) mass is 211 g/mol. The van der Waals surface area contributed by atoms with Crippen molar-refractivity contribution in [1.29, 1.82) is 0 Å². The Morgan fingerprint density at radius 3 is 2.53 bits per heavy atom. The summed E-state index contributed by atoms with van der Waals surface area (Å²) in [6, 6.07) is 0.175. The summed E-state index contributed by atoms with van der Waals surface area (Å²) in [6.07, 6.45) is 1.14. The predicted octanol–water partition coefficient (Wildman–Crippen LogP) is 0.0807. The second-order valence-electron chi connectivity index (χ2n) is 3.74. The number of nitrogens with one attached hydrogen (secondary N) is 1. The highest BCUT2D eigenvalue weighted by Crippen LogP contribution is 2.15. The molecular weight excluding hydrogens is 194 g/mol. The van der Waals surface area contributed by atoms with Gasteiger partial charge >= 0.3 is 0 Å². The summed E-state index contributed by atoms with van der Waals surface area (Å²) in [4.78, 5) is 15.5. The van der Waals surface area contributed by atoms with Crippen LogP contribution in [0.2, 0.25) is 0 Å². The van der Waals surface area contributed by atoms with Crippen LogP contribution in [-0.2, 0) is 0 Å². The summed E-state index contributed by atoms with van der Waals surface area (Å²) in [5, 5.41) is 2.54. The molecule has 1 rings (SSSR count). The zero-order chi connectivity index (χ0) is 11.6. The minimum absolute atomic E-state index is 0.175. The van der Waals surface area contributed by atoms with Crippen molar-refractivity contribution in [3.8, 4) is 0 Å². The first kappa shape index (κ1) is 11.5. The summed E-state index contributed by atoms with van der Waals surface area (Å²) in [6.45, 7) is 5.60. The molecular formula is C9H17N5O. The summed E-state index contributed by atoms with van der Waals surface area (Å²) >= 11 is 0. The van der Waals surface area contributed by atoms with E-state index < -0.39 is 6.17 Å². The third-order valence-electron chi connectivity index (χ3n) is 1.96. The normalized spacial score (nSPS) is 12.9. The maximum absolute atomic E-state index is 11.6. The summed E-state index contributed by atoms with van der Waals surface area (Å²) in [7, 11) is 0. The Bertz CT molecular complexity index is 355. The highest BCUT2D eigenvalue weighted by atomic mass is 16.2. The van der Waals surface area contributed by atoms with Crippen molar-refractivity contribution in [2.45, 2.75) is 33.0 Å².